The maximum absolute atomic E-state index is 11.9. The first kappa shape index (κ1) is 19.0. The number of benzene rings is 1. The molecule has 0 unspecified atom stereocenters. The summed E-state index contributed by atoms with van der Waals surface area (Å²) < 4.78 is 29.2. The third-order valence-corrected chi connectivity index (χ3v) is 4.82. The van der Waals surface area contributed by atoms with Gasteiger partial charge in [-0.1, -0.05) is 0 Å². The van der Waals surface area contributed by atoms with E-state index in [1.54, 1.807) is 24.3 Å². The largest absolute Gasteiger partial charge is 0.494 e. The highest BCUT2D eigenvalue weighted by Crippen LogP contribution is 2.19. The molecule has 1 rings (SSSR count). The Morgan fingerprint density at radius 3 is 2.26 bits per heavy atom. The second-order valence-electron chi connectivity index (χ2n) is 5.73. The van der Waals surface area contributed by atoms with Gasteiger partial charge in [0.05, 0.1) is 17.8 Å². The van der Waals surface area contributed by atoms with Crippen molar-refractivity contribution >= 4 is 27.4 Å². The van der Waals surface area contributed by atoms with Crippen LogP contribution in [0, 0.1) is 5.41 Å². The summed E-state index contributed by atoms with van der Waals surface area (Å²) in [5.74, 6) is -2.67. The van der Waals surface area contributed by atoms with Crippen molar-refractivity contribution in [2.75, 3.05) is 23.4 Å². The van der Waals surface area contributed by atoms with E-state index in [4.69, 9.17) is 9.84 Å². The van der Waals surface area contributed by atoms with Crippen LogP contribution < -0.4 is 10.1 Å². The molecule has 1 aromatic carbocycles. The van der Waals surface area contributed by atoms with E-state index in [0.29, 0.717) is 18.0 Å². The first-order chi connectivity index (χ1) is 10.6. The molecule has 0 saturated carbocycles. The molecule has 0 saturated heterocycles. The van der Waals surface area contributed by atoms with Crippen LogP contribution in [-0.4, -0.2) is 43.5 Å². The Kier molecular flexibility index (Phi) is 6.14. The van der Waals surface area contributed by atoms with E-state index < -0.39 is 38.6 Å². The minimum absolute atomic E-state index is 0.436. The van der Waals surface area contributed by atoms with Gasteiger partial charge in [-0.2, -0.15) is 0 Å². The van der Waals surface area contributed by atoms with Gasteiger partial charge in [0.15, 0.2) is 9.84 Å². The van der Waals surface area contributed by atoms with Crippen molar-refractivity contribution in [2.24, 2.45) is 5.41 Å². The zero-order valence-corrected chi connectivity index (χ0v) is 14.1. The Morgan fingerprint density at radius 2 is 1.78 bits per heavy atom. The minimum atomic E-state index is -3.84. The van der Waals surface area contributed by atoms with Crippen LogP contribution in [0.2, 0.25) is 0 Å². The summed E-state index contributed by atoms with van der Waals surface area (Å²) in [6, 6.07) is 6.50. The average Bonchev–Trinajstić information content (AvgIpc) is 2.39. The lowest BCUT2D eigenvalue weighted by Crippen LogP contribution is -2.35. The second-order valence-corrected chi connectivity index (χ2v) is 7.79. The van der Waals surface area contributed by atoms with Gasteiger partial charge in [-0.25, -0.2) is 8.42 Å². The summed E-state index contributed by atoms with van der Waals surface area (Å²) in [6.07, 6.45) is 0. The predicted molar refractivity (Wildman–Crippen MR) is 86.3 cm³/mol. The number of hydrogen-bond donors (Lipinski definition) is 2. The van der Waals surface area contributed by atoms with E-state index in [1.165, 1.54) is 13.8 Å². The topological polar surface area (TPSA) is 110 Å². The smallest absolute Gasteiger partial charge is 0.310 e. The van der Waals surface area contributed by atoms with Gasteiger partial charge in [0.1, 0.15) is 11.5 Å². The van der Waals surface area contributed by atoms with Crippen molar-refractivity contribution < 1.29 is 27.9 Å². The number of amides is 1. The molecule has 0 aliphatic rings. The van der Waals surface area contributed by atoms with Crippen LogP contribution in [0.1, 0.15) is 20.8 Å². The number of sulfone groups is 1. The van der Waals surface area contributed by atoms with Gasteiger partial charge in [0, 0.05) is 5.69 Å². The van der Waals surface area contributed by atoms with E-state index in [-0.39, 0.29) is 0 Å². The lowest BCUT2D eigenvalue weighted by atomic mass is 9.97. The van der Waals surface area contributed by atoms with Crippen molar-refractivity contribution in [3.05, 3.63) is 24.3 Å². The fourth-order valence-corrected chi connectivity index (χ4v) is 3.66. The molecule has 23 heavy (non-hydrogen) atoms. The Bertz CT molecular complexity index is 664. The quantitative estimate of drug-likeness (QED) is 0.741. The first-order valence-corrected chi connectivity index (χ1v) is 8.84. The number of nitrogens with one attached hydrogen (secondary N) is 1. The molecule has 0 fully saturated rings. The molecule has 1 amide bonds. The molecule has 2 N–H and O–H groups in total. The van der Waals surface area contributed by atoms with Gasteiger partial charge >= 0.3 is 5.97 Å². The standard InChI is InChI=1S/C15H21NO6S/c1-4-22-12-7-5-11(6-8-12)16-13(17)9-23(20,21)10-15(2,3)14(18)19/h5-8H,4,9-10H2,1-3H3,(H,16,17)(H,18,19). The summed E-state index contributed by atoms with van der Waals surface area (Å²) in [5, 5.41) is 11.4. The fraction of sp³-hybridized carbons (Fsp3) is 0.467. The van der Waals surface area contributed by atoms with Gasteiger partial charge in [-0.15, -0.1) is 0 Å². The Labute approximate surface area is 135 Å². The lowest BCUT2D eigenvalue weighted by molar-refractivity contribution is -0.145. The number of aliphatic carboxylic acids is 1. The molecule has 0 atom stereocenters. The third-order valence-electron chi connectivity index (χ3n) is 2.96. The second kappa shape index (κ2) is 7.45. The van der Waals surface area contributed by atoms with Crippen molar-refractivity contribution in [1.82, 2.24) is 0 Å². The molecule has 7 nitrogen and oxygen atoms in total. The van der Waals surface area contributed by atoms with E-state index >= 15 is 0 Å². The van der Waals surface area contributed by atoms with Crippen LogP contribution in [0.4, 0.5) is 5.69 Å². The highest BCUT2D eigenvalue weighted by Gasteiger charge is 2.34. The number of ether oxygens (including phenoxy) is 1. The normalized spacial score (nSPS) is 11.8. The molecule has 0 bridgehead atoms. The summed E-state index contributed by atoms with van der Waals surface area (Å²) in [4.78, 5) is 22.8. The Hall–Kier alpha value is -2.09. The van der Waals surface area contributed by atoms with Crippen molar-refractivity contribution in [3.63, 3.8) is 0 Å². The fourth-order valence-electron chi connectivity index (χ4n) is 1.86. The van der Waals surface area contributed by atoms with E-state index in [0.717, 1.165) is 0 Å². The molecule has 0 aliphatic heterocycles. The molecular formula is C15H21NO6S. The zero-order chi connectivity index (χ0) is 17.7. The molecule has 8 heteroatoms. The van der Waals surface area contributed by atoms with Gasteiger partial charge in [0.25, 0.3) is 0 Å². The summed E-state index contributed by atoms with van der Waals surface area (Å²) in [6.45, 7) is 4.97. The van der Waals surface area contributed by atoms with E-state index in [9.17, 15) is 18.0 Å². The zero-order valence-electron chi connectivity index (χ0n) is 13.3. The van der Waals surface area contributed by atoms with Crippen LogP contribution in [-0.2, 0) is 19.4 Å². The number of carbonyl (C=O) groups is 2. The van der Waals surface area contributed by atoms with Crippen LogP contribution in [0.25, 0.3) is 0 Å². The number of carboxylic acids is 1. The van der Waals surface area contributed by atoms with Gasteiger partial charge < -0.3 is 15.2 Å². The number of anilines is 1. The van der Waals surface area contributed by atoms with Crippen LogP contribution >= 0.6 is 0 Å². The SMILES string of the molecule is CCOc1ccc(NC(=O)CS(=O)(=O)CC(C)(C)C(=O)O)cc1. The Balaban J connectivity index is 2.66. The summed E-state index contributed by atoms with van der Waals surface area (Å²) in [5.41, 5.74) is -1.01. The minimum Gasteiger partial charge on any atom is -0.494 e. The number of carboxylic acid groups (broad SMARTS) is 1. The third kappa shape index (κ3) is 6.27. The van der Waals surface area contributed by atoms with E-state index in [2.05, 4.69) is 5.32 Å². The highest BCUT2D eigenvalue weighted by atomic mass is 32.2. The highest BCUT2D eigenvalue weighted by molar-refractivity contribution is 7.92. The first-order valence-electron chi connectivity index (χ1n) is 7.02. The molecule has 0 spiro atoms. The number of carbonyl (C=O) groups excluding carboxylic acids is 1. The van der Waals surface area contributed by atoms with Gasteiger partial charge in [-0.3, -0.25) is 9.59 Å². The van der Waals surface area contributed by atoms with Crippen molar-refractivity contribution in [3.8, 4) is 5.75 Å². The summed E-state index contributed by atoms with van der Waals surface area (Å²) >= 11 is 0. The molecule has 0 aliphatic carbocycles. The van der Waals surface area contributed by atoms with Crippen molar-refractivity contribution in [1.29, 1.82) is 0 Å². The average molecular weight is 343 g/mol. The molecule has 0 radical (unpaired) electrons. The van der Waals surface area contributed by atoms with Crippen LogP contribution in [0.3, 0.4) is 0 Å². The Morgan fingerprint density at radius 1 is 1.22 bits per heavy atom. The molecule has 1 aromatic rings. The number of hydrogen-bond acceptors (Lipinski definition) is 5. The monoisotopic (exact) mass is 343 g/mol. The van der Waals surface area contributed by atoms with Gasteiger partial charge in [-0.05, 0) is 45.0 Å². The lowest BCUT2D eigenvalue weighted by Gasteiger charge is -2.18. The molecule has 0 heterocycles. The van der Waals surface area contributed by atoms with Crippen molar-refractivity contribution in [2.45, 2.75) is 20.8 Å². The molecule has 128 valence electrons. The van der Waals surface area contributed by atoms with Gasteiger partial charge in [0.2, 0.25) is 5.91 Å². The van der Waals surface area contributed by atoms with Crippen LogP contribution in [0.5, 0.6) is 5.75 Å². The predicted octanol–water partition coefficient (Wildman–Crippen LogP) is 1.55. The molecule has 0 aromatic heterocycles. The van der Waals surface area contributed by atoms with Crippen LogP contribution in [0.15, 0.2) is 24.3 Å². The molecular weight excluding hydrogens is 322 g/mol. The summed E-state index contributed by atoms with van der Waals surface area (Å²) in [7, 11) is -3.84. The maximum atomic E-state index is 11.9. The maximum Gasteiger partial charge on any atom is 0.310 e. The van der Waals surface area contributed by atoms with E-state index in [1.807, 2.05) is 6.92 Å². The number of rotatable bonds is 8.